The highest BCUT2D eigenvalue weighted by Crippen LogP contribution is 2.39. The second-order valence-corrected chi connectivity index (χ2v) is 7.57. The van der Waals surface area contributed by atoms with Gasteiger partial charge in [0.15, 0.2) is 0 Å². The minimum absolute atomic E-state index is 0.0926. The highest BCUT2D eigenvalue weighted by atomic mass is 16.4. The zero-order valence-electron chi connectivity index (χ0n) is 15.5. The summed E-state index contributed by atoms with van der Waals surface area (Å²) in [5.41, 5.74) is 1.40. The van der Waals surface area contributed by atoms with Crippen molar-refractivity contribution < 1.29 is 14.7 Å². The van der Waals surface area contributed by atoms with Gasteiger partial charge in [-0.05, 0) is 47.7 Å². The van der Waals surface area contributed by atoms with Crippen LogP contribution in [-0.2, 0) is 4.79 Å². The van der Waals surface area contributed by atoms with Crippen LogP contribution >= 0.6 is 0 Å². The lowest BCUT2D eigenvalue weighted by Gasteiger charge is -2.32. The molecule has 1 aliphatic heterocycles. The van der Waals surface area contributed by atoms with E-state index in [-0.39, 0.29) is 11.8 Å². The van der Waals surface area contributed by atoms with Crippen molar-refractivity contribution in [2.24, 2.45) is 11.8 Å². The van der Waals surface area contributed by atoms with Crippen LogP contribution in [0.1, 0.15) is 38.5 Å². The first-order valence-corrected chi connectivity index (χ1v) is 9.78. The van der Waals surface area contributed by atoms with Crippen LogP contribution in [0.25, 0.3) is 11.4 Å². The number of carbonyl (C=O) groups excluding carboxylic acids is 1. The first-order valence-electron chi connectivity index (χ1n) is 9.78. The van der Waals surface area contributed by atoms with Gasteiger partial charge in [-0.3, -0.25) is 9.69 Å². The number of anilines is 1. The zero-order chi connectivity index (χ0) is 19.5. The molecular formula is C19H24N6O3. The molecule has 1 aromatic heterocycles. The Morgan fingerprint density at radius 1 is 1.11 bits per heavy atom. The molecule has 1 saturated heterocycles. The van der Waals surface area contributed by atoms with E-state index in [0.717, 1.165) is 24.8 Å². The minimum atomic E-state index is -1.02. The smallest absolute Gasteiger partial charge is 0.407 e. The second kappa shape index (κ2) is 7.95. The summed E-state index contributed by atoms with van der Waals surface area (Å²) in [6, 6.07) is 6.49. The molecule has 0 radical (unpaired) electrons. The van der Waals surface area contributed by atoms with E-state index in [1.807, 2.05) is 0 Å². The highest BCUT2D eigenvalue weighted by molar-refractivity contribution is 5.97. The third-order valence-corrected chi connectivity index (χ3v) is 5.97. The number of nitrogens with zero attached hydrogens (tertiary/aromatic N) is 4. The average molecular weight is 384 g/mol. The maximum absolute atomic E-state index is 13.0. The molecule has 9 heteroatoms. The Bertz CT molecular complexity index is 817. The molecule has 0 unspecified atom stereocenters. The van der Waals surface area contributed by atoms with E-state index in [0.29, 0.717) is 24.0 Å². The molecule has 3 N–H and O–H groups in total. The maximum Gasteiger partial charge on any atom is 0.407 e. The van der Waals surface area contributed by atoms with Gasteiger partial charge in [0.25, 0.3) is 0 Å². The van der Waals surface area contributed by atoms with Crippen molar-refractivity contribution in [3.8, 4) is 11.4 Å². The molecule has 148 valence electrons. The molecule has 2 aromatic rings. The van der Waals surface area contributed by atoms with Gasteiger partial charge in [-0.25, -0.2) is 4.79 Å². The standard InChI is InChI=1S/C19H24N6O3/c26-18(20-14-8-6-13(7-9-14)17-21-23-24-22-17)16-15(10-11-25(16)19(27)28)12-4-2-1-3-5-12/h6-9,12,15-16H,1-5,10-11H2,(H,20,26)(H,27,28)(H,21,22,23,24)/t15-,16-/m0/s1. The lowest BCUT2D eigenvalue weighted by molar-refractivity contribution is -0.121. The molecule has 2 aliphatic rings. The SMILES string of the molecule is O=C(Nc1ccc(-c2nn[nH]n2)cc1)[C@@H]1[C@H](C2CCCCC2)CCN1C(=O)O. The second-order valence-electron chi connectivity index (χ2n) is 7.57. The van der Waals surface area contributed by atoms with Crippen LogP contribution in [0.5, 0.6) is 0 Å². The van der Waals surface area contributed by atoms with Gasteiger partial charge in [-0.2, -0.15) is 5.21 Å². The van der Waals surface area contributed by atoms with E-state index in [1.54, 1.807) is 24.3 Å². The molecule has 1 saturated carbocycles. The molecule has 9 nitrogen and oxygen atoms in total. The third-order valence-electron chi connectivity index (χ3n) is 5.97. The van der Waals surface area contributed by atoms with Crippen LogP contribution in [0.3, 0.4) is 0 Å². The summed E-state index contributed by atoms with van der Waals surface area (Å²) in [6.45, 7) is 0.422. The van der Waals surface area contributed by atoms with Crippen molar-refractivity contribution in [1.29, 1.82) is 0 Å². The van der Waals surface area contributed by atoms with Gasteiger partial charge in [0.1, 0.15) is 6.04 Å². The Kier molecular flexibility index (Phi) is 5.23. The third kappa shape index (κ3) is 3.69. The van der Waals surface area contributed by atoms with E-state index >= 15 is 0 Å². The minimum Gasteiger partial charge on any atom is -0.465 e. The number of aromatic nitrogens is 4. The molecular weight excluding hydrogens is 360 g/mol. The van der Waals surface area contributed by atoms with Gasteiger partial charge in [-0.1, -0.05) is 32.1 Å². The quantitative estimate of drug-likeness (QED) is 0.744. The maximum atomic E-state index is 13.0. The molecule has 28 heavy (non-hydrogen) atoms. The first kappa shape index (κ1) is 18.4. The molecule has 0 bridgehead atoms. The van der Waals surface area contributed by atoms with Crippen LogP contribution in [-0.4, -0.2) is 55.2 Å². The van der Waals surface area contributed by atoms with E-state index in [4.69, 9.17) is 0 Å². The summed E-state index contributed by atoms with van der Waals surface area (Å²) < 4.78 is 0. The Morgan fingerprint density at radius 3 is 2.50 bits per heavy atom. The fraction of sp³-hybridized carbons (Fsp3) is 0.526. The van der Waals surface area contributed by atoms with Gasteiger partial charge in [0.2, 0.25) is 11.7 Å². The van der Waals surface area contributed by atoms with Crippen LogP contribution in [0.4, 0.5) is 10.5 Å². The molecule has 1 aliphatic carbocycles. The molecule has 2 atom stereocenters. The van der Waals surface area contributed by atoms with Gasteiger partial charge >= 0.3 is 6.09 Å². The fourth-order valence-corrected chi connectivity index (χ4v) is 4.63. The Labute approximate surface area is 162 Å². The van der Waals surface area contributed by atoms with Gasteiger partial charge in [0, 0.05) is 17.8 Å². The van der Waals surface area contributed by atoms with Crippen LogP contribution in [0.2, 0.25) is 0 Å². The Hall–Kier alpha value is -2.97. The summed E-state index contributed by atoms with van der Waals surface area (Å²) in [5.74, 6) is 0.746. The number of carbonyl (C=O) groups is 2. The fourth-order valence-electron chi connectivity index (χ4n) is 4.63. The topological polar surface area (TPSA) is 124 Å². The Morgan fingerprint density at radius 2 is 1.86 bits per heavy atom. The average Bonchev–Trinajstić information content (AvgIpc) is 3.39. The summed E-state index contributed by atoms with van der Waals surface area (Å²) in [5, 5.41) is 26.3. The van der Waals surface area contributed by atoms with Crippen molar-refractivity contribution in [3.63, 3.8) is 0 Å². The van der Waals surface area contributed by atoms with Crippen molar-refractivity contribution in [2.45, 2.75) is 44.6 Å². The summed E-state index contributed by atoms with van der Waals surface area (Å²) >= 11 is 0. The van der Waals surface area contributed by atoms with E-state index in [1.165, 1.54) is 24.2 Å². The molecule has 2 heterocycles. The van der Waals surface area contributed by atoms with Crippen LogP contribution < -0.4 is 5.32 Å². The normalized spacial score (nSPS) is 22.9. The predicted molar refractivity (Wildman–Crippen MR) is 101 cm³/mol. The van der Waals surface area contributed by atoms with Crippen molar-refractivity contribution in [2.75, 3.05) is 11.9 Å². The number of carboxylic acid groups (broad SMARTS) is 1. The monoisotopic (exact) mass is 384 g/mol. The van der Waals surface area contributed by atoms with Crippen LogP contribution in [0.15, 0.2) is 24.3 Å². The number of hydrogen-bond acceptors (Lipinski definition) is 5. The zero-order valence-corrected chi connectivity index (χ0v) is 15.5. The van der Waals surface area contributed by atoms with Gasteiger partial charge < -0.3 is 10.4 Å². The number of benzene rings is 1. The first-order chi connectivity index (χ1) is 13.6. The molecule has 1 aromatic carbocycles. The predicted octanol–water partition coefficient (Wildman–Crippen LogP) is 2.75. The van der Waals surface area contributed by atoms with Gasteiger partial charge in [-0.15, -0.1) is 10.2 Å². The molecule has 0 spiro atoms. The van der Waals surface area contributed by atoms with Crippen molar-refractivity contribution in [3.05, 3.63) is 24.3 Å². The lowest BCUT2D eigenvalue weighted by atomic mass is 9.76. The number of aromatic amines is 1. The highest BCUT2D eigenvalue weighted by Gasteiger charge is 2.45. The van der Waals surface area contributed by atoms with E-state index in [9.17, 15) is 14.7 Å². The van der Waals surface area contributed by atoms with Gasteiger partial charge in [0.05, 0.1) is 0 Å². The molecule has 4 rings (SSSR count). The van der Waals surface area contributed by atoms with Crippen LogP contribution in [0, 0.1) is 11.8 Å². The number of nitrogens with one attached hydrogen (secondary N) is 2. The number of tetrazole rings is 1. The number of H-pyrrole nitrogens is 1. The number of hydrogen-bond donors (Lipinski definition) is 3. The Balaban J connectivity index is 1.49. The van der Waals surface area contributed by atoms with Crippen molar-refractivity contribution >= 4 is 17.7 Å². The number of amides is 2. The molecule has 2 fully saturated rings. The number of rotatable bonds is 4. The molecule has 2 amide bonds. The summed E-state index contributed by atoms with van der Waals surface area (Å²) in [4.78, 5) is 26.0. The summed E-state index contributed by atoms with van der Waals surface area (Å²) in [6.07, 6.45) is 5.47. The largest absolute Gasteiger partial charge is 0.465 e. The number of likely N-dealkylation sites (tertiary alicyclic amines) is 1. The van der Waals surface area contributed by atoms with E-state index < -0.39 is 12.1 Å². The lowest BCUT2D eigenvalue weighted by Crippen LogP contribution is -2.47. The summed E-state index contributed by atoms with van der Waals surface area (Å²) in [7, 11) is 0. The van der Waals surface area contributed by atoms with Crippen molar-refractivity contribution in [1.82, 2.24) is 25.5 Å². The van der Waals surface area contributed by atoms with E-state index in [2.05, 4.69) is 25.9 Å².